The highest BCUT2D eigenvalue weighted by Crippen LogP contribution is 2.30. The number of likely N-dealkylation sites (N-methyl/N-ethyl adjacent to an activating group) is 1. The Bertz CT molecular complexity index is 728. The zero-order valence-corrected chi connectivity index (χ0v) is 12.7. The minimum atomic E-state index is -0.269. The van der Waals surface area contributed by atoms with E-state index in [0.717, 1.165) is 25.2 Å². The van der Waals surface area contributed by atoms with Crippen LogP contribution in [0.5, 0.6) is 0 Å². The summed E-state index contributed by atoms with van der Waals surface area (Å²) in [6.45, 7) is 3.69. The molecule has 4 heteroatoms. The van der Waals surface area contributed by atoms with Crippen LogP contribution in [0, 0.1) is 0 Å². The fourth-order valence-electron chi connectivity index (χ4n) is 3.15. The van der Waals surface area contributed by atoms with Gasteiger partial charge in [-0.05, 0) is 31.1 Å². The number of para-hydroxylation sites is 1. The van der Waals surface area contributed by atoms with E-state index in [1.165, 1.54) is 23.6 Å². The van der Waals surface area contributed by atoms with Gasteiger partial charge in [0.2, 0.25) is 0 Å². The Hall–Kier alpha value is -2.23. The molecule has 0 saturated carbocycles. The molecule has 0 fully saturated rings. The van der Waals surface area contributed by atoms with Gasteiger partial charge in [-0.1, -0.05) is 18.2 Å². The number of esters is 1. The van der Waals surface area contributed by atoms with Crippen molar-refractivity contribution < 1.29 is 9.53 Å². The maximum atomic E-state index is 12.1. The lowest BCUT2D eigenvalue weighted by molar-refractivity contribution is -0.137. The average Bonchev–Trinajstić information content (AvgIpc) is 2.68. The van der Waals surface area contributed by atoms with E-state index in [4.69, 9.17) is 4.74 Å². The third-order valence-corrected chi connectivity index (χ3v) is 4.28. The number of nitrogens with zero attached hydrogens (tertiary/aromatic N) is 2. The van der Waals surface area contributed by atoms with Crippen LogP contribution in [0.15, 0.2) is 30.0 Å². The summed E-state index contributed by atoms with van der Waals surface area (Å²) in [5.74, 6) is -0.269. The van der Waals surface area contributed by atoms with Crippen molar-refractivity contribution in [2.24, 2.45) is 7.05 Å². The van der Waals surface area contributed by atoms with E-state index >= 15 is 0 Å². The molecule has 2 heterocycles. The Labute approximate surface area is 124 Å². The third-order valence-electron chi connectivity index (χ3n) is 4.28. The topological polar surface area (TPSA) is 34.5 Å². The lowest BCUT2D eigenvalue weighted by Crippen LogP contribution is -2.29. The number of hydrogen-bond donors (Lipinski definition) is 0. The van der Waals surface area contributed by atoms with Gasteiger partial charge in [-0.2, -0.15) is 0 Å². The largest absolute Gasteiger partial charge is 0.464 e. The number of aromatic nitrogens is 1. The maximum absolute atomic E-state index is 12.1. The summed E-state index contributed by atoms with van der Waals surface area (Å²) in [6, 6.07) is 8.38. The van der Waals surface area contributed by atoms with Crippen molar-refractivity contribution in [3.05, 3.63) is 41.2 Å². The lowest BCUT2D eigenvalue weighted by Gasteiger charge is -2.22. The van der Waals surface area contributed by atoms with Gasteiger partial charge in [-0.3, -0.25) is 0 Å². The molecular weight excluding hydrogens is 264 g/mol. The van der Waals surface area contributed by atoms with Crippen LogP contribution in [-0.4, -0.2) is 35.6 Å². The van der Waals surface area contributed by atoms with Gasteiger partial charge in [-0.15, -0.1) is 0 Å². The molecule has 1 aromatic heterocycles. The van der Waals surface area contributed by atoms with Crippen molar-refractivity contribution in [1.82, 2.24) is 9.47 Å². The van der Waals surface area contributed by atoms with Crippen LogP contribution in [0.3, 0.4) is 0 Å². The van der Waals surface area contributed by atoms with E-state index in [0.29, 0.717) is 5.70 Å². The molecule has 0 amide bonds. The minimum Gasteiger partial charge on any atom is -0.464 e. The molecule has 0 saturated heterocycles. The number of aryl methyl sites for hydroxylation is 1. The highest BCUT2D eigenvalue weighted by atomic mass is 16.5. The number of carbonyl (C=O) groups excluding carboxylic acids is 1. The van der Waals surface area contributed by atoms with Crippen molar-refractivity contribution in [2.75, 3.05) is 20.2 Å². The van der Waals surface area contributed by atoms with Crippen molar-refractivity contribution in [2.45, 2.75) is 13.3 Å². The van der Waals surface area contributed by atoms with Gasteiger partial charge in [0.15, 0.2) is 0 Å². The Kier molecular flexibility index (Phi) is 3.45. The minimum absolute atomic E-state index is 0.269. The van der Waals surface area contributed by atoms with Gasteiger partial charge in [0, 0.05) is 36.7 Å². The van der Waals surface area contributed by atoms with Gasteiger partial charge in [0.05, 0.1) is 7.11 Å². The second kappa shape index (κ2) is 5.28. The molecule has 110 valence electrons. The van der Waals surface area contributed by atoms with Gasteiger partial charge in [0.25, 0.3) is 0 Å². The van der Waals surface area contributed by atoms with Gasteiger partial charge in [0.1, 0.15) is 5.70 Å². The fraction of sp³-hybridized carbons (Fsp3) is 0.353. The zero-order chi connectivity index (χ0) is 15.0. The first-order valence-electron chi connectivity index (χ1n) is 7.28. The van der Waals surface area contributed by atoms with Crippen molar-refractivity contribution >= 4 is 22.9 Å². The Balaban J connectivity index is 2.23. The van der Waals surface area contributed by atoms with Crippen LogP contribution in [-0.2, 0) is 23.0 Å². The van der Waals surface area contributed by atoms with Crippen LogP contribution >= 0.6 is 0 Å². The zero-order valence-electron chi connectivity index (χ0n) is 12.7. The molecule has 1 aliphatic rings. The summed E-state index contributed by atoms with van der Waals surface area (Å²) in [7, 11) is 3.48. The predicted octanol–water partition coefficient (Wildman–Crippen LogP) is 2.57. The van der Waals surface area contributed by atoms with Crippen LogP contribution in [0.2, 0.25) is 0 Å². The molecule has 4 nitrogen and oxygen atoms in total. The summed E-state index contributed by atoms with van der Waals surface area (Å²) in [6.07, 6.45) is 2.90. The standard InChI is InChI=1S/C17H20N2O2/c1-4-19-10-9-13-12-7-5-6-8-14(12)18(2)15(13)11-16(19)17(20)21-3/h5-8,11H,4,9-10H2,1-3H3. The molecule has 0 spiro atoms. The second-order valence-electron chi connectivity index (χ2n) is 5.29. The van der Waals surface area contributed by atoms with Gasteiger partial charge >= 0.3 is 5.97 Å². The number of rotatable bonds is 2. The smallest absolute Gasteiger partial charge is 0.354 e. The Morgan fingerprint density at radius 1 is 1.33 bits per heavy atom. The molecule has 0 radical (unpaired) electrons. The van der Waals surface area contributed by atoms with Crippen molar-refractivity contribution in [3.63, 3.8) is 0 Å². The fourth-order valence-corrected chi connectivity index (χ4v) is 3.15. The third kappa shape index (κ3) is 2.11. The predicted molar refractivity (Wildman–Crippen MR) is 83.9 cm³/mol. The average molecular weight is 284 g/mol. The number of benzene rings is 1. The maximum Gasteiger partial charge on any atom is 0.354 e. The molecule has 1 aliphatic heterocycles. The molecule has 1 aromatic carbocycles. The van der Waals surface area contributed by atoms with Crippen LogP contribution < -0.4 is 0 Å². The first-order valence-corrected chi connectivity index (χ1v) is 7.28. The molecular formula is C17H20N2O2. The molecule has 0 unspecified atom stereocenters. The van der Waals surface area contributed by atoms with E-state index < -0.39 is 0 Å². The number of methoxy groups -OCH3 is 1. The number of ether oxygens (including phenoxy) is 1. The highest BCUT2D eigenvalue weighted by Gasteiger charge is 2.24. The van der Waals surface area contributed by atoms with Crippen LogP contribution in [0.1, 0.15) is 18.2 Å². The van der Waals surface area contributed by atoms with E-state index in [1.807, 2.05) is 19.2 Å². The Morgan fingerprint density at radius 3 is 2.81 bits per heavy atom. The number of fused-ring (bicyclic) bond motifs is 3. The quantitative estimate of drug-likeness (QED) is 0.795. The molecule has 0 atom stereocenters. The summed E-state index contributed by atoms with van der Waals surface area (Å²) in [4.78, 5) is 14.2. The summed E-state index contributed by atoms with van der Waals surface area (Å²) < 4.78 is 7.11. The van der Waals surface area contributed by atoms with Crippen LogP contribution in [0.25, 0.3) is 17.0 Å². The van der Waals surface area contributed by atoms with E-state index in [9.17, 15) is 4.79 Å². The monoisotopic (exact) mass is 284 g/mol. The van der Waals surface area contributed by atoms with Crippen molar-refractivity contribution in [3.8, 4) is 0 Å². The normalized spacial score (nSPS) is 14.6. The molecule has 0 N–H and O–H groups in total. The van der Waals surface area contributed by atoms with E-state index in [1.54, 1.807) is 0 Å². The molecule has 0 bridgehead atoms. The highest BCUT2D eigenvalue weighted by molar-refractivity contribution is 5.96. The second-order valence-corrected chi connectivity index (χ2v) is 5.29. The van der Waals surface area contributed by atoms with Crippen LogP contribution in [0.4, 0.5) is 0 Å². The number of hydrogen-bond acceptors (Lipinski definition) is 3. The first-order chi connectivity index (χ1) is 10.2. The van der Waals surface area contributed by atoms with E-state index in [-0.39, 0.29) is 5.97 Å². The summed E-state index contributed by atoms with van der Waals surface area (Å²) in [5.41, 5.74) is 4.26. The van der Waals surface area contributed by atoms with Crippen molar-refractivity contribution in [1.29, 1.82) is 0 Å². The summed E-state index contributed by atoms with van der Waals surface area (Å²) in [5, 5.41) is 1.27. The lowest BCUT2D eigenvalue weighted by atomic mass is 10.1. The van der Waals surface area contributed by atoms with E-state index in [2.05, 4.69) is 34.6 Å². The number of carbonyl (C=O) groups is 1. The molecule has 0 aliphatic carbocycles. The van der Waals surface area contributed by atoms with Gasteiger partial charge < -0.3 is 14.2 Å². The Morgan fingerprint density at radius 2 is 2.10 bits per heavy atom. The first kappa shape index (κ1) is 13.7. The SMILES string of the molecule is CCN1CCc2c(n(C)c3ccccc23)C=C1C(=O)OC. The van der Waals surface area contributed by atoms with Gasteiger partial charge in [-0.25, -0.2) is 4.79 Å². The molecule has 21 heavy (non-hydrogen) atoms. The summed E-state index contributed by atoms with van der Waals surface area (Å²) >= 11 is 0. The molecule has 3 rings (SSSR count). The molecule has 2 aromatic rings.